The number of amides is 1. The fourth-order valence-corrected chi connectivity index (χ4v) is 1.48. The molecule has 2 saturated heterocycles. The predicted molar refractivity (Wildman–Crippen MR) is 36.4 cm³/mol. The van der Waals surface area contributed by atoms with Crippen LogP contribution in [0.4, 0.5) is 0 Å². The molecule has 2 N–H and O–H groups in total. The third-order valence-corrected chi connectivity index (χ3v) is 2.32. The van der Waals surface area contributed by atoms with Crippen LogP contribution < -0.4 is 10.6 Å². The molecule has 2 aliphatic rings. The molecule has 0 aromatic rings. The molecule has 0 atom stereocenters. The SMILES string of the molecule is CN1CC(=O)NC12CNC2. The van der Waals surface area contributed by atoms with Crippen molar-refractivity contribution < 1.29 is 4.79 Å². The average molecular weight is 141 g/mol. The van der Waals surface area contributed by atoms with Crippen LogP contribution in [0.25, 0.3) is 0 Å². The summed E-state index contributed by atoms with van der Waals surface area (Å²) in [5.74, 6) is 0.143. The Morgan fingerprint density at radius 3 is 2.50 bits per heavy atom. The number of carbonyl (C=O) groups excluding carboxylic acids is 1. The highest BCUT2D eigenvalue weighted by Crippen LogP contribution is 2.19. The highest BCUT2D eigenvalue weighted by Gasteiger charge is 2.46. The zero-order valence-corrected chi connectivity index (χ0v) is 5.98. The van der Waals surface area contributed by atoms with Crippen molar-refractivity contribution in [3.63, 3.8) is 0 Å². The molecule has 1 spiro atoms. The topological polar surface area (TPSA) is 44.4 Å². The zero-order chi connectivity index (χ0) is 7.19. The fourth-order valence-electron chi connectivity index (χ4n) is 1.48. The van der Waals surface area contributed by atoms with E-state index >= 15 is 0 Å². The van der Waals surface area contributed by atoms with E-state index in [1.165, 1.54) is 0 Å². The van der Waals surface area contributed by atoms with E-state index in [-0.39, 0.29) is 11.6 Å². The van der Waals surface area contributed by atoms with Crippen molar-refractivity contribution >= 4 is 5.91 Å². The molecule has 0 aromatic carbocycles. The van der Waals surface area contributed by atoms with Gasteiger partial charge in [-0.2, -0.15) is 0 Å². The average Bonchev–Trinajstić information content (AvgIpc) is 2.04. The lowest BCUT2D eigenvalue weighted by Gasteiger charge is -2.43. The number of nitrogens with zero attached hydrogens (tertiary/aromatic N) is 1. The van der Waals surface area contributed by atoms with Gasteiger partial charge in [-0.1, -0.05) is 0 Å². The van der Waals surface area contributed by atoms with Crippen LogP contribution in [0.1, 0.15) is 0 Å². The molecule has 4 heteroatoms. The molecule has 2 aliphatic heterocycles. The van der Waals surface area contributed by atoms with Crippen molar-refractivity contribution in [1.29, 1.82) is 0 Å². The molecule has 2 fully saturated rings. The van der Waals surface area contributed by atoms with Crippen molar-refractivity contribution in [2.75, 3.05) is 26.7 Å². The molecule has 1 amide bonds. The molecular weight excluding hydrogens is 130 g/mol. The summed E-state index contributed by atoms with van der Waals surface area (Å²) in [4.78, 5) is 12.9. The van der Waals surface area contributed by atoms with E-state index in [4.69, 9.17) is 0 Å². The van der Waals surface area contributed by atoms with E-state index in [9.17, 15) is 4.79 Å². The summed E-state index contributed by atoms with van der Waals surface area (Å²) in [5.41, 5.74) is -0.0307. The van der Waals surface area contributed by atoms with Gasteiger partial charge in [0.2, 0.25) is 5.91 Å². The summed E-state index contributed by atoms with van der Waals surface area (Å²) >= 11 is 0. The quantitative estimate of drug-likeness (QED) is 0.425. The van der Waals surface area contributed by atoms with Crippen LogP contribution in [-0.2, 0) is 4.79 Å². The first-order valence-corrected chi connectivity index (χ1v) is 3.46. The third kappa shape index (κ3) is 0.602. The summed E-state index contributed by atoms with van der Waals surface area (Å²) < 4.78 is 0. The Kier molecular flexibility index (Phi) is 1.04. The van der Waals surface area contributed by atoms with Crippen molar-refractivity contribution in [1.82, 2.24) is 15.5 Å². The molecule has 2 heterocycles. The van der Waals surface area contributed by atoms with Gasteiger partial charge in [-0.25, -0.2) is 0 Å². The number of likely N-dealkylation sites (N-methyl/N-ethyl adjacent to an activating group) is 1. The molecule has 10 heavy (non-hydrogen) atoms. The molecule has 0 bridgehead atoms. The maximum Gasteiger partial charge on any atom is 0.235 e. The van der Waals surface area contributed by atoms with Crippen LogP contribution in [0, 0.1) is 0 Å². The Hall–Kier alpha value is -0.610. The summed E-state index contributed by atoms with van der Waals surface area (Å²) in [6.45, 7) is 2.31. The van der Waals surface area contributed by atoms with Gasteiger partial charge in [0, 0.05) is 13.1 Å². The maximum absolute atomic E-state index is 10.9. The second-order valence-electron chi connectivity index (χ2n) is 3.04. The Morgan fingerprint density at radius 2 is 2.30 bits per heavy atom. The molecular formula is C6H11N3O. The van der Waals surface area contributed by atoms with Crippen molar-refractivity contribution in [2.24, 2.45) is 0 Å². The lowest BCUT2D eigenvalue weighted by Crippen LogP contribution is -2.71. The monoisotopic (exact) mass is 141 g/mol. The largest absolute Gasteiger partial charge is 0.334 e. The van der Waals surface area contributed by atoms with E-state index in [2.05, 4.69) is 15.5 Å². The van der Waals surface area contributed by atoms with Crippen LogP contribution >= 0.6 is 0 Å². The van der Waals surface area contributed by atoms with E-state index in [1.807, 2.05) is 7.05 Å². The highest BCUT2D eigenvalue weighted by molar-refractivity contribution is 5.81. The van der Waals surface area contributed by atoms with Gasteiger partial charge in [-0.15, -0.1) is 0 Å². The van der Waals surface area contributed by atoms with Crippen LogP contribution in [0.15, 0.2) is 0 Å². The zero-order valence-electron chi connectivity index (χ0n) is 5.98. The summed E-state index contributed by atoms with van der Waals surface area (Å²) in [5, 5.41) is 6.08. The Bertz CT molecular complexity index is 176. The van der Waals surface area contributed by atoms with Gasteiger partial charge < -0.3 is 10.6 Å². The van der Waals surface area contributed by atoms with Gasteiger partial charge in [0.25, 0.3) is 0 Å². The Balaban J connectivity index is 2.15. The van der Waals surface area contributed by atoms with Crippen molar-refractivity contribution in [3.05, 3.63) is 0 Å². The highest BCUT2D eigenvalue weighted by atomic mass is 16.2. The third-order valence-electron chi connectivity index (χ3n) is 2.32. The number of nitrogens with one attached hydrogen (secondary N) is 2. The molecule has 4 nitrogen and oxygen atoms in total. The summed E-state index contributed by atoms with van der Waals surface area (Å²) in [6.07, 6.45) is 0. The summed E-state index contributed by atoms with van der Waals surface area (Å²) in [6, 6.07) is 0. The van der Waals surface area contributed by atoms with Crippen LogP contribution in [0.2, 0.25) is 0 Å². The minimum absolute atomic E-state index is 0.0307. The standard InChI is InChI=1S/C6H11N3O/c1-9-2-5(10)8-6(9)3-7-4-6/h7H,2-4H2,1H3,(H,8,10). The lowest BCUT2D eigenvalue weighted by molar-refractivity contribution is -0.119. The number of hydrogen-bond acceptors (Lipinski definition) is 3. The molecule has 0 saturated carbocycles. The van der Waals surface area contributed by atoms with Gasteiger partial charge in [0.1, 0.15) is 5.66 Å². The van der Waals surface area contributed by atoms with Crippen LogP contribution in [-0.4, -0.2) is 43.2 Å². The fraction of sp³-hybridized carbons (Fsp3) is 0.833. The molecule has 56 valence electrons. The van der Waals surface area contributed by atoms with Crippen molar-refractivity contribution in [2.45, 2.75) is 5.66 Å². The van der Waals surface area contributed by atoms with Gasteiger partial charge >= 0.3 is 0 Å². The van der Waals surface area contributed by atoms with E-state index < -0.39 is 0 Å². The molecule has 2 rings (SSSR count). The lowest BCUT2D eigenvalue weighted by atomic mass is 10.0. The van der Waals surface area contributed by atoms with Gasteiger partial charge in [0.05, 0.1) is 6.54 Å². The van der Waals surface area contributed by atoms with Gasteiger partial charge in [0.15, 0.2) is 0 Å². The number of carbonyl (C=O) groups is 1. The van der Waals surface area contributed by atoms with Crippen LogP contribution in [0.5, 0.6) is 0 Å². The second kappa shape index (κ2) is 1.71. The second-order valence-corrected chi connectivity index (χ2v) is 3.04. The Morgan fingerprint density at radius 1 is 1.60 bits per heavy atom. The smallest absolute Gasteiger partial charge is 0.235 e. The normalized spacial score (nSPS) is 30.3. The molecule has 0 aliphatic carbocycles. The number of rotatable bonds is 0. The summed E-state index contributed by atoms with van der Waals surface area (Å²) in [7, 11) is 1.97. The molecule has 0 radical (unpaired) electrons. The van der Waals surface area contributed by atoms with Gasteiger partial charge in [-0.3, -0.25) is 9.69 Å². The first kappa shape index (κ1) is 6.12. The minimum atomic E-state index is -0.0307. The van der Waals surface area contributed by atoms with E-state index in [0.717, 1.165) is 13.1 Å². The van der Waals surface area contributed by atoms with E-state index in [0.29, 0.717) is 6.54 Å². The maximum atomic E-state index is 10.9. The van der Waals surface area contributed by atoms with E-state index in [1.54, 1.807) is 0 Å². The predicted octanol–water partition coefficient (Wildman–Crippen LogP) is -1.65. The minimum Gasteiger partial charge on any atom is -0.334 e. The van der Waals surface area contributed by atoms with Crippen LogP contribution in [0.3, 0.4) is 0 Å². The number of hydrogen-bond donors (Lipinski definition) is 2. The Labute approximate surface area is 59.6 Å². The molecule has 0 unspecified atom stereocenters. The first-order valence-electron chi connectivity index (χ1n) is 3.46. The van der Waals surface area contributed by atoms with Crippen molar-refractivity contribution in [3.8, 4) is 0 Å². The molecule has 0 aromatic heterocycles. The van der Waals surface area contributed by atoms with Gasteiger partial charge in [-0.05, 0) is 7.05 Å². The first-order chi connectivity index (χ1) is 4.73.